The van der Waals surface area contributed by atoms with E-state index in [1.54, 1.807) is 19.1 Å². The molecule has 0 aliphatic carbocycles. The first-order chi connectivity index (χ1) is 10.3. The van der Waals surface area contributed by atoms with Crippen molar-refractivity contribution in [2.45, 2.75) is 16.7 Å². The van der Waals surface area contributed by atoms with Gasteiger partial charge in [-0.1, -0.05) is 12.1 Å². The van der Waals surface area contributed by atoms with Gasteiger partial charge in [0, 0.05) is 0 Å². The molecule has 0 fully saturated rings. The van der Waals surface area contributed by atoms with Crippen LogP contribution < -0.4 is 0 Å². The van der Waals surface area contributed by atoms with Crippen molar-refractivity contribution >= 4 is 15.8 Å². The van der Waals surface area contributed by atoms with Crippen LogP contribution in [-0.4, -0.2) is 31.7 Å². The fraction of sp³-hybridized carbons (Fsp3) is 0.133. The Hall–Kier alpha value is -2.54. The fourth-order valence-electron chi connectivity index (χ4n) is 2.00. The second-order valence-electron chi connectivity index (χ2n) is 4.62. The summed E-state index contributed by atoms with van der Waals surface area (Å²) in [4.78, 5) is 11.0. The van der Waals surface area contributed by atoms with Crippen LogP contribution >= 0.6 is 0 Å². The van der Waals surface area contributed by atoms with Crippen LogP contribution in [0.2, 0.25) is 0 Å². The molecule has 22 heavy (non-hydrogen) atoms. The molecule has 0 bridgehead atoms. The van der Waals surface area contributed by atoms with E-state index < -0.39 is 32.2 Å². The number of rotatable bonds is 3. The van der Waals surface area contributed by atoms with E-state index in [9.17, 15) is 23.4 Å². The van der Waals surface area contributed by atoms with Crippen molar-refractivity contribution in [2.24, 2.45) is 0 Å². The number of phenolic OH excluding ortho intramolecular Hbond substituents is 2. The van der Waals surface area contributed by atoms with E-state index in [1.807, 2.05) is 0 Å². The number of methoxy groups -OCH3 is 1. The van der Waals surface area contributed by atoms with Crippen LogP contribution in [0.4, 0.5) is 0 Å². The molecule has 0 saturated carbocycles. The number of phenols is 2. The minimum Gasteiger partial charge on any atom is -0.504 e. The SMILES string of the molecule is COC(=O)c1ccc(O)c(O)c1S(=O)(=O)c1cccc(C)c1. The smallest absolute Gasteiger partial charge is 0.339 e. The minimum atomic E-state index is -4.21. The lowest BCUT2D eigenvalue weighted by atomic mass is 10.2. The van der Waals surface area contributed by atoms with Gasteiger partial charge in [-0.3, -0.25) is 0 Å². The van der Waals surface area contributed by atoms with Gasteiger partial charge in [0.1, 0.15) is 4.90 Å². The Labute approximate surface area is 127 Å². The molecule has 2 rings (SSSR count). The average Bonchev–Trinajstić information content (AvgIpc) is 2.48. The molecule has 0 spiro atoms. The second-order valence-corrected chi connectivity index (χ2v) is 6.51. The second kappa shape index (κ2) is 5.69. The number of ether oxygens (including phenoxy) is 1. The topological polar surface area (TPSA) is 101 Å². The maximum Gasteiger partial charge on any atom is 0.339 e. The van der Waals surface area contributed by atoms with Gasteiger partial charge in [0.05, 0.1) is 17.6 Å². The van der Waals surface area contributed by atoms with E-state index in [-0.39, 0.29) is 10.5 Å². The lowest BCUT2D eigenvalue weighted by Crippen LogP contribution is -2.11. The number of carbonyl (C=O) groups excluding carboxylic acids is 1. The Bertz CT molecular complexity index is 839. The van der Waals surface area contributed by atoms with E-state index in [1.165, 1.54) is 12.1 Å². The predicted octanol–water partition coefficient (Wildman–Crippen LogP) is 2.03. The monoisotopic (exact) mass is 322 g/mol. The first-order valence-electron chi connectivity index (χ1n) is 6.24. The molecule has 0 amide bonds. The van der Waals surface area contributed by atoms with Crippen LogP contribution in [0.3, 0.4) is 0 Å². The highest BCUT2D eigenvalue weighted by Crippen LogP contribution is 2.38. The molecule has 2 aromatic rings. The highest BCUT2D eigenvalue weighted by molar-refractivity contribution is 7.91. The number of aromatic hydroxyl groups is 2. The molecule has 0 aliphatic heterocycles. The van der Waals surface area contributed by atoms with E-state index in [0.717, 1.165) is 19.2 Å². The van der Waals surface area contributed by atoms with Crippen molar-refractivity contribution < 1.29 is 28.2 Å². The van der Waals surface area contributed by atoms with Gasteiger partial charge in [-0.15, -0.1) is 0 Å². The summed E-state index contributed by atoms with van der Waals surface area (Å²) in [5, 5.41) is 19.5. The fourth-order valence-corrected chi connectivity index (χ4v) is 3.64. The number of hydrogen-bond acceptors (Lipinski definition) is 6. The number of hydrogen-bond donors (Lipinski definition) is 2. The zero-order valence-electron chi connectivity index (χ0n) is 11.9. The van der Waals surface area contributed by atoms with Gasteiger partial charge in [0.15, 0.2) is 11.5 Å². The van der Waals surface area contributed by atoms with E-state index in [2.05, 4.69) is 4.74 Å². The Morgan fingerprint density at radius 3 is 2.41 bits per heavy atom. The van der Waals surface area contributed by atoms with Gasteiger partial charge in [0.2, 0.25) is 9.84 Å². The molecule has 116 valence electrons. The molecule has 0 saturated heterocycles. The molecular weight excluding hydrogens is 308 g/mol. The third-order valence-corrected chi connectivity index (χ3v) is 4.91. The zero-order valence-corrected chi connectivity index (χ0v) is 12.7. The molecule has 0 aliphatic rings. The van der Waals surface area contributed by atoms with Crippen molar-refractivity contribution in [1.82, 2.24) is 0 Å². The highest BCUT2D eigenvalue weighted by atomic mass is 32.2. The summed E-state index contributed by atoms with van der Waals surface area (Å²) < 4.78 is 30.0. The normalized spacial score (nSPS) is 11.2. The van der Waals surface area contributed by atoms with E-state index in [0.29, 0.717) is 5.56 Å². The van der Waals surface area contributed by atoms with Crippen LogP contribution in [0.15, 0.2) is 46.2 Å². The molecular formula is C15H14O6S. The third-order valence-electron chi connectivity index (χ3n) is 3.08. The van der Waals surface area contributed by atoms with Crippen molar-refractivity contribution in [3.05, 3.63) is 47.5 Å². The van der Waals surface area contributed by atoms with Crippen LogP contribution in [0.5, 0.6) is 11.5 Å². The zero-order chi connectivity index (χ0) is 16.5. The molecule has 0 radical (unpaired) electrons. The molecule has 0 atom stereocenters. The Morgan fingerprint density at radius 2 is 1.82 bits per heavy atom. The van der Waals surface area contributed by atoms with Gasteiger partial charge < -0.3 is 14.9 Å². The first kappa shape index (κ1) is 15.8. The Morgan fingerprint density at radius 1 is 1.14 bits per heavy atom. The van der Waals surface area contributed by atoms with E-state index in [4.69, 9.17) is 0 Å². The van der Waals surface area contributed by atoms with Crippen LogP contribution in [-0.2, 0) is 14.6 Å². The summed E-state index contributed by atoms with van der Waals surface area (Å²) in [5.74, 6) is -2.45. The van der Waals surface area contributed by atoms with Crippen LogP contribution in [0.1, 0.15) is 15.9 Å². The number of sulfone groups is 1. The van der Waals surface area contributed by atoms with Gasteiger partial charge in [-0.25, -0.2) is 13.2 Å². The Balaban J connectivity index is 2.80. The van der Waals surface area contributed by atoms with Gasteiger partial charge in [-0.2, -0.15) is 0 Å². The van der Waals surface area contributed by atoms with Crippen molar-refractivity contribution in [3.8, 4) is 11.5 Å². The third kappa shape index (κ3) is 2.62. The number of esters is 1. The van der Waals surface area contributed by atoms with E-state index >= 15 is 0 Å². The number of benzene rings is 2. The maximum atomic E-state index is 12.7. The molecule has 0 aromatic heterocycles. The highest BCUT2D eigenvalue weighted by Gasteiger charge is 2.30. The summed E-state index contributed by atoms with van der Waals surface area (Å²) in [6, 6.07) is 8.11. The van der Waals surface area contributed by atoms with Crippen molar-refractivity contribution in [3.63, 3.8) is 0 Å². The average molecular weight is 322 g/mol. The summed E-state index contributed by atoms with van der Waals surface area (Å²) in [6.07, 6.45) is 0. The van der Waals surface area contributed by atoms with Crippen LogP contribution in [0.25, 0.3) is 0 Å². The Kier molecular flexibility index (Phi) is 4.09. The molecule has 7 heteroatoms. The van der Waals surface area contributed by atoms with Gasteiger partial charge in [-0.05, 0) is 36.8 Å². The quantitative estimate of drug-likeness (QED) is 0.662. The molecule has 6 nitrogen and oxygen atoms in total. The number of aryl methyl sites for hydroxylation is 1. The molecule has 2 aromatic carbocycles. The molecule has 0 heterocycles. The lowest BCUT2D eigenvalue weighted by molar-refractivity contribution is 0.0595. The van der Waals surface area contributed by atoms with Crippen molar-refractivity contribution in [1.29, 1.82) is 0 Å². The molecule has 0 unspecified atom stereocenters. The largest absolute Gasteiger partial charge is 0.504 e. The van der Waals surface area contributed by atoms with Gasteiger partial charge in [0.25, 0.3) is 0 Å². The summed E-state index contributed by atoms with van der Waals surface area (Å²) >= 11 is 0. The molecule has 2 N–H and O–H groups in total. The summed E-state index contributed by atoms with van der Waals surface area (Å²) in [5.41, 5.74) is 0.347. The maximum absolute atomic E-state index is 12.7. The standard InChI is InChI=1S/C15H14O6S/c1-9-4-3-5-10(8-9)22(19,20)14-11(15(18)21-2)6-7-12(16)13(14)17/h3-8,16-17H,1-2H3. The van der Waals surface area contributed by atoms with Crippen molar-refractivity contribution in [2.75, 3.05) is 7.11 Å². The lowest BCUT2D eigenvalue weighted by Gasteiger charge is -2.12. The predicted molar refractivity (Wildman–Crippen MR) is 77.7 cm³/mol. The van der Waals surface area contributed by atoms with Gasteiger partial charge >= 0.3 is 5.97 Å². The summed E-state index contributed by atoms with van der Waals surface area (Å²) in [7, 11) is -3.12. The number of carbonyl (C=O) groups is 1. The summed E-state index contributed by atoms with van der Waals surface area (Å²) in [6.45, 7) is 1.71. The first-order valence-corrected chi connectivity index (χ1v) is 7.72. The van der Waals surface area contributed by atoms with Crippen LogP contribution in [0, 0.1) is 6.92 Å². The minimum absolute atomic E-state index is 0.0986.